The van der Waals surface area contributed by atoms with Crippen LogP contribution < -0.4 is 5.32 Å². The molecule has 0 aromatic heterocycles. The van der Waals surface area contributed by atoms with Crippen LogP contribution in [0.5, 0.6) is 0 Å². The molecule has 7 nitrogen and oxygen atoms in total. The summed E-state index contributed by atoms with van der Waals surface area (Å²) in [6.07, 6.45) is 0. The summed E-state index contributed by atoms with van der Waals surface area (Å²) in [6.45, 7) is 1.96. The third kappa shape index (κ3) is 3.45. The first kappa shape index (κ1) is 15.2. The van der Waals surface area contributed by atoms with E-state index in [2.05, 4.69) is 27.9 Å². The molecule has 21 heavy (non-hydrogen) atoms. The monoisotopic (exact) mass is 399 g/mol. The predicted molar refractivity (Wildman–Crippen MR) is 86.9 cm³/mol. The van der Waals surface area contributed by atoms with Crippen molar-refractivity contribution in [1.29, 1.82) is 0 Å². The Bertz CT molecular complexity index is 733. The van der Waals surface area contributed by atoms with Gasteiger partial charge in [0.2, 0.25) is 0 Å². The van der Waals surface area contributed by atoms with Gasteiger partial charge in [-0.1, -0.05) is 6.07 Å². The number of benzene rings is 2. The molecule has 0 saturated heterocycles. The molecule has 2 aromatic carbocycles. The maximum absolute atomic E-state index is 11.0. The topological polar surface area (TPSA) is 98.3 Å². The van der Waals surface area contributed by atoms with Crippen molar-refractivity contribution in [3.63, 3.8) is 0 Å². The molecule has 0 saturated carbocycles. The van der Waals surface area contributed by atoms with Crippen molar-refractivity contribution in [3.05, 3.63) is 65.8 Å². The van der Waals surface area contributed by atoms with Crippen LogP contribution in [0.4, 0.5) is 22.7 Å². The van der Waals surface area contributed by atoms with Crippen LogP contribution in [0.1, 0.15) is 5.56 Å². The van der Waals surface area contributed by atoms with Gasteiger partial charge in [-0.15, -0.1) is 0 Å². The van der Waals surface area contributed by atoms with Crippen molar-refractivity contribution in [3.8, 4) is 0 Å². The maximum Gasteiger partial charge on any atom is 0.299 e. The van der Waals surface area contributed by atoms with Gasteiger partial charge in [0, 0.05) is 15.3 Å². The van der Waals surface area contributed by atoms with Crippen molar-refractivity contribution in [2.75, 3.05) is 5.32 Å². The first-order chi connectivity index (χ1) is 9.88. The fraction of sp³-hybridized carbons (Fsp3) is 0.0769. The van der Waals surface area contributed by atoms with E-state index in [1.54, 1.807) is 6.07 Å². The third-order valence-corrected chi connectivity index (χ3v) is 4.00. The Hall–Kier alpha value is -2.23. The lowest BCUT2D eigenvalue weighted by Gasteiger charge is -2.08. The predicted octanol–water partition coefficient (Wildman–Crippen LogP) is 4.16. The molecule has 0 spiro atoms. The SMILES string of the molecule is Cc1ccc(Nc2ccc([N+](=O)[O-])cc2[N+](=O)[O-])cc1I. The average Bonchev–Trinajstić information content (AvgIpc) is 2.43. The lowest BCUT2D eigenvalue weighted by Crippen LogP contribution is -1.99. The Labute approximate surface area is 133 Å². The summed E-state index contributed by atoms with van der Waals surface area (Å²) in [5.74, 6) is 0. The first-order valence-corrected chi connectivity index (χ1v) is 6.92. The Morgan fingerprint density at radius 3 is 2.33 bits per heavy atom. The second-order valence-electron chi connectivity index (χ2n) is 4.30. The van der Waals surface area contributed by atoms with E-state index in [1.807, 2.05) is 19.1 Å². The highest BCUT2D eigenvalue weighted by Crippen LogP contribution is 2.31. The van der Waals surface area contributed by atoms with Crippen LogP contribution in [0.25, 0.3) is 0 Å². The molecule has 0 bridgehead atoms. The Balaban J connectivity index is 2.41. The molecule has 0 heterocycles. The standard InChI is InChI=1S/C13H10IN3O4/c1-8-2-3-9(6-11(8)14)15-12-5-4-10(16(18)19)7-13(12)17(20)21/h2-7,15H,1H3. The van der Waals surface area contributed by atoms with E-state index in [0.29, 0.717) is 5.69 Å². The zero-order chi connectivity index (χ0) is 15.6. The largest absolute Gasteiger partial charge is 0.350 e. The van der Waals surface area contributed by atoms with E-state index >= 15 is 0 Å². The van der Waals surface area contributed by atoms with Crippen LogP contribution >= 0.6 is 22.6 Å². The minimum Gasteiger partial charge on any atom is -0.350 e. The van der Waals surface area contributed by atoms with E-state index in [9.17, 15) is 20.2 Å². The van der Waals surface area contributed by atoms with Gasteiger partial charge in [-0.2, -0.15) is 0 Å². The average molecular weight is 399 g/mol. The van der Waals surface area contributed by atoms with Crippen molar-refractivity contribution >= 4 is 45.3 Å². The summed E-state index contributed by atoms with van der Waals surface area (Å²) >= 11 is 2.17. The van der Waals surface area contributed by atoms with Crippen molar-refractivity contribution in [1.82, 2.24) is 0 Å². The van der Waals surface area contributed by atoms with Gasteiger partial charge in [0.15, 0.2) is 0 Å². The van der Waals surface area contributed by atoms with Gasteiger partial charge in [-0.3, -0.25) is 20.2 Å². The quantitative estimate of drug-likeness (QED) is 0.473. The van der Waals surface area contributed by atoms with E-state index in [1.165, 1.54) is 12.1 Å². The Morgan fingerprint density at radius 2 is 1.76 bits per heavy atom. The van der Waals surface area contributed by atoms with Gasteiger partial charge in [0.1, 0.15) is 5.69 Å². The molecule has 0 radical (unpaired) electrons. The van der Waals surface area contributed by atoms with E-state index in [-0.39, 0.29) is 17.1 Å². The highest BCUT2D eigenvalue weighted by Gasteiger charge is 2.19. The van der Waals surface area contributed by atoms with E-state index in [4.69, 9.17) is 0 Å². The highest BCUT2D eigenvalue weighted by molar-refractivity contribution is 14.1. The molecular formula is C13H10IN3O4. The zero-order valence-corrected chi connectivity index (χ0v) is 13.0. The third-order valence-electron chi connectivity index (χ3n) is 2.84. The molecule has 0 unspecified atom stereocenters. The smallest absolute Gasteiger partial charge is 0.299 e. The molecule has 2 aromatic rings. The number of hydrogen-bond donors (Lipinski definition) is 1. The first-order valence-electron chi connectivity index (χ1n) is 5.84. The van der Waals surface area contributed by atoms with Crippen LogP contribution in [-0.2, 0) is 0 Å². The molecule has 0 atom stereocenters. The normalized spacial score (nSPS) is 10.2. The van der Waals surface area contributed by atoms with Crippen LogP contribution in [0.15, 0.2) is 36.4 Å². The minimum atomic E-state index is -0.661. The summed E-state index contributed by atoms with van der Waals surface area (Å²) in [6, 6.07) is 9.05. The van der Waals surface area contributed by atoms with Crippen LogP contribution in [0.3, 0.4) is 0 Å². The van der Waals surface area contributed by atoms with Gasteiger partial charge in [0.25, 0.3) is 11.4 Å². The number of hydrogen-bond acceptors (Lipinski definition) is 5. The second kappa shape index (κ2) is 6.04. The number of aryl methyl sites for hydroxylation is 1. The van der Waals surface area contributed by atoms with Crippen molar-refractivity contribution < 1.29 is 9.85 Å². The molecule has 0 aliphatic rings. The molecule has 0 amide bonds. The van der Waals surface area contributed by atoms with Crippen LogP contribution in [-0.4, -0.2) is 9.85 Å². The number of halogens is 1. The molecule has 1 N–H and O–H groups in total. The van der Waals surface area contributed by atoms with Crippen LogP contribution in [0, 0.1) is 30.7 Å². The number of nitrogens with one attached hydrogen (secondary N) is 1. The van der Waals surface area contributed by atoms with Crippen molar-refractivity contribution in [2.45, 2.75) is 6.92 Å². The van der Waals surface area contributed by atoms with Gasteiger partial charge >= 0.3 is 0 Å². The summed E-state index contributed by atoms with van der Waals surface area (Å²) in [5, 5.41) is 24.7. The van der Waals surface area contributed by atoms with Gasteiger partial charge in [0.05, 0.1) is 15.9 Å². The second-order valence-corrected chi connectivity index (χ2v) is 5.47. The number of anilines is 2. The minimum absolute atomic E-state index is 0.213. The molecule has 2 rings (SSSR count). The molecule has 0 aliphatic carbocycles. The van der Waals surface area contributed by atoms with Gasteiger partial charge < -0.3 is 5.32 Å². The molecule has 0 fully saturated rings. The Kier molecular flexibility index (Phi) is 4.36. The van der Waals surface area contributed by atoms with E-state index < -0.39 is 9.85 Å². The highest BCUT2D eigenvalue weighted by atomic mass is 127. The van der Waals surface area contributed by atoms with Crippen LogP contribution in [0.2, 0.25) is 0 Å². The summed E-state index contributed by atoms with van der Waals surface area (Å²) in [4.78, 5) is 20.4. The fourth-order valence-corrected chi connectivity index (χ4v) is 2.23. The molecule has 0 aliphatic heterocycles. The number of rotatable bonds is 4. The molecular weight excluding hydrogens is 389 g/mol. The van der Waals surface area contributed by atoms with Gasteiger partial charge in [-0.25, -0.2) is 0 Å². The molecule has 108 valence electrons. The van der Waals surface area contributed by atoms with Gasteiger partial charge in [-0.05, 0) is 53.3 Å². The number of non-ortho nitro benzene ring substituents is 1. The lowest BCUT2D eigenvalue weighted by atomic mass is 10.2. The summed E-state index contributed by atoms with van der Waals surface area (Å²) in [5.41, 5.74) is 1.34. The van der Waals surface area contributed by atoms with Crippen molar-refractivity contribution in [2.24, 2.45) is 0 Å². The maximum atomic E-state index is 11.0. The number of nitro groups is 2. The summed E-state index contributed by atoms with van der Waals surface area (Å²) in [7, 11) is 0. The summed E-state index contributed by atoms with van der Waals surface area (Å²) < 4.78 is 1.02. The zero-order valence-electron chi connectivity index (χ0n) is 10.9. The number of nitro benzene ring substituents is 2. The Morgan fingerprint density at radius 1 is 1.05 bits per heavy atom. The lowest BCUT2D eigenvalue weighted by molar-refractivity contribution is -0.393. The number of nitrogens with zero attached hydrogens (tertiary/aromatic N) is 2. The molecule has 8 heteroatoms. The van der Waals surface area contributed by atoms with E-state index in [0.717, 1.165) is 15.2 Å². The fourth-order valence-electron chi connectivity index (χ4n) is 1.72.